The van der Waals surface area contributed by atoms with Gasteiger partial charge in [-0.1, -0.05) is 11.8 Å². The highest BCUT2D eigenvalue weighted by Crippen LogP contribution is 2.15. The van der Waals surface area contributed by atoms with Crippen molar-refractivity contribution in [3.8, 4) is 11.8 Å². The molecule has 2 N–H and O–H groups in total. The van der Waals surface area contributed by atoms with Gasteiger partial charge in [0.1, 0.15) is 6.61 Å². The Kier molecular flexibility index (Phi) is 4.41. The third kappa shape index (κ3) is 3.50. The molecular weight excluding hydrogens is 266 g/mol. The van der Waals surface area contributed by atoms with Crippen LogP contribution in [0.1, 0.15) is 27.2 Å². The Balaban J connectivity index is 2.20. The molecule has 1 aromatic heterocycles. The summed E-state index contributed by atoms with van der Waals surface area (Å²) in [5.74, 6) is 5.26. The largest absolute Gasteiger partial charge is 0.384 e. The number of hydrogen-bond acceptors (Lipinski definition) is 3. The average molecular weight is 283 g/mol. The molecule has 0 aliphatic rings. The zero-order valence-electron chi connectivity index (χ0n) is 12.3. The van der Waals surface area contributed by atoms with E-state index in [1.165, 1.54) is 0 Å². The molecule has 0 saturated carbocycles. The first-order valence-corrected chi connectivity index (χ1v) is 6.53. The Hall–Kier alpha value is -2.58. The van der Waals surface area contributed by atoms with Gasteiger partial charge < -0.3 is 10.4 Å². The second-order valence-corrected chi connectivity index (χ2v) is 4.75. The normalized spacial score (nSPS) is 9.90. The van der Waals surface area contributed by atoms with Crippen LogP contribution in [0.25, 0.3) is 0 Å². The molecule has 0 bridgehead atoms. The fourth-order valence-corrected chi connectivity index (χ4v) is 2.00. The highest BCUT2D eigenvalue weighted by molar-refractivity contribution is 6.04. The van der Waals surface area contributed by atoms with Crippen LogP contribution in [-0.4, -0.2) is 27.4 Å². The summed E-state index contributed by atoms with van der Waals surface area (Å²) in [6.45, 7) is 3.55. The van der Waals surface area contributed by atoms with Crippen molar-refractivity contribution in [1.82, 2.24) is 9.78 Å². The fourth-order valence-electron chi connectivity index (χ4n) is 2.00. The van der Waals surface area contributed by atoms with Gasteiger partial charge in [0.25, 0.3) is 5.91 Å². The molecule has 1 amide bonds. The standard InChI is InChI=1S/C16H17N3O2/c1-11-9-14(7-6-13(11)5-4-8-20)16(21)17-15-10-19(3)18-12(15)2/h6-7,9-10,20H,8H2,1-3H3,(H,17,21). The number of aliphatic hydroxyl groups is 1. The molecule has 0 fully saturated rings. The van der Waals surface area contributed by atoms with Gasteiger partial charge >= 0.3 is 0 Å². The predicted molar refractivity (Wildman–Crippen MR) is 81.0 cm³/mol. The average Bonchev–Trinajstić information content (AvgIpc) is 2.75. The molecule has 0 saturated heterocycles. The predicted octanol–water partition coefficient (Wildman–Crippen LogP) is 1.63. The van der Waals surface area contributed by atoms with Crippen molar-refractivity contribution in [2.75, 3.05) is 11.9 Å². The lowest BCUT2D eigenvalue weighted by atomic mass is 10.0. The monoisotopic (exact) mass is 283 g/mol. The maximum Gasteiger partial charge on any atom is 0.255 e. The zero-order valence-corrected chi connectivity index (χ0v) is 12.3. The van der Waals surface area contributed by atoms with Gasteiger partial charge in [-0.15, -0.1) is 0 Å². The van der Waals surface area contributed by atoms with Crippen LogP contribution in [0, 0.1) is 25.7 Å². The van der Waals surface area contributed by atoms with Gasteiger partial charge in [0.05, 0.1) is 11.4 Å². The summed E-state index contributed by atoms with van der Waals surface area (Å²) in [6.07, 6.45) is 1.77. The van der Waals surface area contributed by atoms with Crippen LogP contribution in [0.15, 0.2) is 24.4 Å². The Morgan fingerprint density at radius 3 is 2.76 bits per heavy atom. The second kappa shape index (κ2) is 6.25. The third-order valence-electron chi connectivity index (χ3n) is 3.05. The quantitative estimate of drug-likeness (QED) is 0.823. The van der Waals surface area contributed by atoms with Crippen LogP contribution < -0.4 is 5.32 Å². The summed E-state index contributed by atoms with van der Waals surface area (Å²) in [5, 5.41) is 15.7. The summed E-state index contributed by atoms with van der Waals surface area (Å²) in [7, 11) is 1.81. The van der Waals surface area contributed by atoms with E-state index in [2.05, 4.69) is 22.3 Å². The van der Waals surface area contributed by atoms with Gasteiger partial charge in [0.15, 0.2) is 0 Å². The summed E-state index contributed by atoms with van der Waals surface area (Å²) < 4.78 is 1.66. The number of nitrogens with zero attached hydrogens (tertiary/aromatic N) is 2. The number of aromatic nitrogens is 2. The van der Waals surface area contributed by atoms with Gasteiger partial charge in [-0.05, 0) is 37.6 Å². The first-order valence-electron chi connectivity index (χ1n) is 6.53. The van der Waals surface area contributed by atoms with Crippen molar-refractivity contribution in [2.24, 2.45) is 7.05 Å². The Morgan fingerprint density at radius 1 is 1.43 bits per heavy atom. The summed E-state index contributed by atoms with van der Waals surface area (Å²) in [6, 6.07) is 5.28. The van der Waals surface area contributed by atoms with Crippen molar-refractivity contribution in [1.29, 1.82) is 0 Å². The number of aliphatic hydroxyl groups excluding tert-OH is 1. The summed E-state index contributed by atoms with van der Waals surface area (Å²) in [4.78, 5) is 12.2. The van der Waals surface area contributed by atoms with E-state index in [1.807, 2.05) is 13.8 Å². The van der Waals surface area contributed by atoms with E-state index in [4.69, 9.17) is 5.11 Å². The highest BCUT2D eigenvalue weighted by atomic mass is 16.2. The number of anilines is 1. The van der Waals surface area contributed by atoms with E-state index in [1.54, 1.807) is 36.1 Å². The van der Waals surface area contributed by atoms with Crippen LogP contribution >= 0.6 is 0 Å². The molecule has 21 heavy (non-hydrogen) atoms. The van der Waals surface area contributed by atoms with Crippen LogP contribution in [0.2, 0.25) is 0 Å². The number of amides is 1. The summed E-state index contributed by atoms with van der Waals surface area (Å²) >= 11 is 0. The number of rotatable bonds is 2. The van der Waals surface area contributed by atoms with Gasteiger partial charge in [0.2, 0.25) is 0 Å². The maximum atomic E-state index is 12.2. The van der Waals surface area contributed by atoms with Gasteiger partial charge in [-0.3, -0.25) is 9.48 Å². The third-order valence-corrected chi connectivity index (χ3v) is 3.05. The van der Waals surface area contributed by atoms with Crippen LogP contribution in [0.3, 0.4) is 0 Å². The zero-order chi connectivity index (χ0) is 15.4. The van der Waals surface area contributed by atoms with E-state index in [-0.39, 0.29) is 12.5 Å². The molecule has 2 aromatic rings. The minimum absolute atomic E-state index is 0.179. The molecule has 108 valence electrons. The molecule has 1 aromatic carbocycles. The molecule has 1 heterocycles. The van der Waals surface area contributed by atoms with Crippen molar-refractivity contribution in [2.45, 2.75) is 13.8 Å². The lowest BCUT2D eigenvalue weighted by Gasteiger charge is -2.06. The number of aryl methyl sites for hydroxylation is 3. The molecule has 0 radical (unpaired) electrons. The van der Waals surface area contributed by atoms with Gasteiger partial charge in [-0.2, -0.15) is 5.10 Å². The molecule has 2 rings (SSSR count). The molecule has 0 spiro atoms. The van der Waals surface area contributed by atoms with Gasteiger partial charge in [-0.25, -0.2) is 0 Å². The molecule has 5 nitrogen and oxygen atoms in total. The SMILES string of the molecule is Cc1cc(C(=O)Nc2cn(C)nc2C)ccc1C#CCO. The first-order chi connectivity index (χ1) is 10.0. The Morgan fingerprint density at radius 2 is 2.19 bits per heavy atom. The number of nitrogens with one attached hydrogen (secondary N) is 1. The van der Waals surface area contributed by atoms with Crippen molar-refractivity contribution in [3.63, 3.8) is 0 Å². The lowest BCUT2D eigenvalue weighted by molar-refractivity contribution is 0.102. The molecule has 0 aliphatic heterocycles. The van der Waals surface area contributed by atoms with Crippen LogP contribution in [-0.2, 0) is 7.05 Å². The van der Waals surface area contributed by atoms with E-state index < -0.39 is 0 Å². The Labute approximate surface area is 123 Å². The van der Waals surface area contributed by atoms with E-state index in [9.17, 15) is 4.79 Å². The molecule has 0 atom stereocenters. The second-order valence-electron chi connectivity index (χ2n) is 4.75. The lowest BCUT2D eigenvalue weighted by Crippen LogP contribution is -2.12. The number of hydrogen-bond donors (Lipinski definition) is 2. The molecule has 5 heteroatoms. The van der Waals surface area contributed by atoms with Crippen LogP contribution in [0.4, 0.5) is 5.69 Å². The minimum Gasteiger partial charge on any atom is -0.384 e. The van der Waals surface area contributed by atoms with Crippen molar-refractivity contribution < 1.29 is 9.90 Å². The number of benzene rings is 1. The van der Waals surface area contributed by atoms with E-state index >= 15 is 0 Å². The number of carbonyl (C=O) groups is 1. The molecule has 0 aliphatic carbocycles. The van der Waals surface area contributed by atoms with Crippen molar-refractivity contribution >= 4 is 11.6 Å². The van der Waals surface area contributed by atoms with E-state index in [0.717, 1.165) is 16.8 Å². The summed E-state index contributed by atoms with van der Waals surface area (Å²) in [5.41, 5.74) is 3.73. The topological polar surface area (TPSA) is 67.2 Å². The van der Waals surface area contributed by atoms with Crippen molar-refractivity contribution in [3.05, 3.63) is 46.8 Å². The highest BCUT2D eigenvalue weighted by Gasteiger charge is 2.10. The first kappa shape index (κ1) is 14.8. The Bertz CT molecular complexity index is 736. The van der Waals surface area contributed by atoms with E-state index in [0.29, 0.717) is 11.3 Å². The van der Waals surface area contributed by atoms with Gasteiger partial charge in [0, 0.05) is 24.4 Å². The maximum absolute atomic E-state index is 12.2. The fraction of sp³-hybridized carbons (Fsp3) is 0.250. The minimum atomic E-state index is -0.184. The smallest absolute Gasteiger partial charge is 0.255 e. The molecule has 0 unspecified atom stereocenters. The molecular formula is C16H17N3O2. The van der Waals surface area contributed by atoms with Crippen LogP contribution in [0.5, 0.6) is 0 Å². The number of carbonyl (C=O) groups excluding carboxylic acids is 1.